The predicted molar refractivity (Wildman–Crippen MR) is 94.1 cm³/mol. The van der Waals surface area contributed by atoms with Crippen LogP contribution >= 0.6 is 27.3 Å². The van der Waals surface area contributed by atoms with E-state index >= 15 is 0 Å². The minimum Gasteiger partial charge on any atom is -0.493 e. The fourth-order valence-corrected chi connectivity index (χ4v) is 4.63. The lowest BCUT2D eigenvalue weighted by molar-refractivity contribution is 0.190. The van der Waals surface area contributed by atoms with E-state index in [1.807, 2.05) is 17.4 Å². The highest BCUT2D eigenvalue weighted by Crippen LogP contribution is 2.40. The molecule has 1 aliphatic rings. The summed E-state index contributed by atoms with van der Waals surface area (Å²) in [5.74, 6) is 1.52. The number of nitrogens with zero attached hydrogens (tertiary/aromatic N) is 1. The third kappa shape index (κ3) is 2.77. The number of thiophene rings is 1. The van der Waals surface area contributed by atoms with Crippen molar-refractivity contribution < 1.29 is 9.47 Å². The molecule has 5 heteroatoms. The van der Waals surface area contributed by atoms with Gasteiger partial charge in [0.1, 0.15) is 0 Å². The van der Waals surface area contributed by atoms with Crippen LogP contribution in [0.5, 0.6) is 11.5 Å². The second kappa shape index (κ2) is 6.60. The van der Waals surface area contributed by atoms with Gasteiger partial charge in [-0.2, -0.15) is 0 Å². The summed E-state index contributed by atoms with van der Waals surface area (Å²) >= 11 is 5.55. The van der Waals surface area contributed by atoms with Gasteiger partial charge in [0, 0.05) is 24.0 Å². The van der Waals surface area contributed by atoms with E-state index in [9.17, 15) is 0 Å². The Balaban J connectivity index is 1.85. The summed E-state index contributed by atoms with van der Waals surface area (Å²) < 4.78 is 11.8. The molecule has 2 aromatic rings. The van der Waals surface area contributed by atoms with Crippen molar-refractivity contribution in [2.75, 3.05) is 20.8 Å². The number of hydrogen-bond donors (Lipinski definition) is 0. The summed E-state index contributed by atoms with van der Waals surface area (Å²) in [6.07, 6.45) is 1.14. The SMILES string of the molecule is COc1ccc(CN2CCc3sccc3C2C)c(Br)c1OC. The van der Waals surface area contributed by atoms with Gasteiger partial charge in [-0.25, -0.2) is 0 Å². The van der Waals surface area contributed by atoms with Crippen molar-refractivity contribution in [3.8, 4) is 11.5 Å². The van der Waals surface area contributed by atoms with Crippen molar-refractivity contribution >= 4 is 27.3 Å². The van der Waals surface area contributed by atoms with Crippen LogP contribution in [0.2, 0.25) is 0 Å². The van der Waals surface area contributed by atoms with E-state index in [1.54, 1.807) is 14.2 Å². The van der Waals surface area contributed by atoms with Gasteiger partial charge in [0.15, 0.2) is 11.5 Å². The first kappa shape index (κ1) is 15.8. The van der Waals surface area contributed by atoms with Crippen molar-refractivity contribution in [3.63, 3.8) is 0 Å². The molecule has 0 saturated carbocycles. The molecule has 0 fully saturated rings. The standard InChI is InChI=1S/C17H20BrNO2S/c1-11-13-7-9-22-15(13)6-8-19(11)10-12-4-5-14(20-2)17(21-3)16(12)18/h4-5,7,9,11H,6,8,10H2,1-3H3. The van der Waals surface area contributed by atoms with Crippen molar-refractivity contribution in [2.24, 2.45) is 0 Å². The zero-order valence-corrected chi connectivity index (χ0v) is 15.5. The van der Waals surface area contributed by atoms with Gasteiger partial charge >= 0.3 is 0 Å². The van der Waals surface area contributed by atoms with Gasteiger partial charge in [-0.15, -0.1) is 11.3 Å². The smallest absolute Gasteiger partial charge is 0.175 e. The molecule has 3 rings (SSSR count). The molecule has 0 saturated heterocycles. The first-order chi connectivity index (χ1) is 10.7. The van der Waals surface area contributed by atoms with Gasteiger partial charge in [0.2, 0.25) is 0 Å². The zero-order valence-electron chi connectivity index (χ0n) is 13.1. The molecule has 0 N–H and O–H groups in total. The Bertz CT molecular complexity index is 671. The largest absolute Gasteiger partial charge is 0.493 e. The van der Waals surface area contributed by atoms with Gasteiger partial charge in [-0.05, 0) is 57.9 Å². The highest BCUT2D eigenvalue weighted by molar-refractivity contribution is 9.10. The summed E-state index contributed by atoms with van der Waals surface area (Å²) in [6, 6.07) is 6.81. The van der Waals surface area contributed by atoms with E-state index < -0.39 is 0 Å². The minimum absolute atomic E-state index is 0.454. The lowest BCUT2D eigenvalue weighted by atomic mass is 10.0. The van der Waals surface area contributed by atoms with Crippen LogP contribution < -0.4 is 9.47 Å². The van der Waals surface area contributed by atoms with Crippen LogP contribution in [0.4, 0.5) is 0 Å². The predicted octanol–water partition coefficient (Wildman–Crippen LogP) is 4.65. The van der Waals surface area contributed by atoms with Gasteiger partial charge in [-0.1, -0.05) is 6.07 Å². The average molecular weight is 382 g/mol. The third-order valence-electron chi connectivity index (χ3n) is 4.34. The van der Waals surface area contributed by atoms with E-state index in [0.717, 1.165) is 35.5 Å². The maximum atomic E-state index is 5.48. The quantitative estimate of drug-likeness (QED) is 0.769. The molecule has 118 valence electrons. The van der Waals surface area contributed by atoms with E-state index in [1.165, 1.54) is 16.0 Å². The van der Waals surface area contributed by atoms with E-state index in [2.05, 4.69) is 45.3 Å². The Labute approximate surface area is 144 Å². The van der Waals surface area contributed by atoms with Crippen molar-refractivity contribution in [1.29, 1.82) is 0 Å². The Morgan fingerprint density at radius 1 is 1.27 bits per heavy atom. The molecule has 0 spiro atoms. The molecule has 22 heavy (non-hydrogen) atoms. The number of rotatable bonds is 4. The third-order valence-corrected chi connectivity index (χ3v) is 6.21. The average Bonchev–Trinajstić information content (AvgIpc) is 3.00. The molecule has 1 unspecified atom stereocenters. The number of fused-ring (bicyclic) bond motifs is 1. The number of halogens is 1. The molecule has 0 aliphatic carbocycles. The lowest BCUT2D eigenvalue weighted by Crippen LogP contribution is -2.32. The summed E-state index contributed by atoms with van der Waals surface area (Å²) in [6.45, 7) is 4.28. The lowest BCUT2D eigenvalue weighted by Gasteiger charge is -2.34. The molecule has 0 amide bonds. The maximum Gasteiger partial charge on any atom is 0.175 e. The summed E-state index contributed by atoms with van der Waals surface area (Å²) in [5.41, 5.74) is 2.70. The van der Waals surface area contributed by atoms with Gasteiger partial charge in [-0.3, -0.25) is 4.90 Å². The number of benzene rings is 1. The van der Waals surface area contributed by atoms with Gasteiger partial charge < -0.3 is 9.47 Å². The highest BCUT2D eigenvalue weighted by Gasteiger charge is 2.25. The molecule has 0 bridgehead atoms. The van der Waals surface area contributed by atoms with Gasteiger partial charge in [0.25, 0.3) is 0 Å². The zero-order chi connectivity index (χ0) is 15.7. The van der Waals surface area contributed by atoms with Crippen LogP contribution in [-0.4, -0.2) is 25.7 Å². The van der Waals surface area contributed by atoms with Gasteiger partial charge in [0.05, 0.1) is 18.7 Å². The van der Waals surface area contributed by atoms with Crippen molar-refractivity contribution in [3.05, 3.63) is 44.1 Å². The number of methoxy groups -OCH3 is 2. The van der Waals surface area contributed by atoms with Crippen LogP contribution in [0.15, 0.2) is 28.1 Å². The molecule has 2 heterocycles. The molecular weight excluding hydrogens is 362 g/mol. The van der Waals surface area contributed by atoms with Crippen LogP contribution in [0.3, 0.4) is 0 Å². The monoisotopic (exact) mass is 381 g/mol. The van der Waals surface area contributed by atoms with E-state index in [-0.39, 0.29) is 0 Å². The van der Waals surface area contributed by atoms with E-state index in [4.69, 9.17) is 9.47 Å². The molecule has 1 aliphatic heterocycles. The maximum absolute atomic E-state index is 5.48. The van der Waals surface area contributed by atoms with Crippen molar-refractivity contribution in [1.82, 2.24) is 4.90 Å². The first-order valence-electron chi connectivity index (χ1n) is 7.35. The van der Waals surface area contributed by atoms with Crippen LogP contribution in [0, 0.1) is 0 Å². The fourth-order valence-electron chi connectivity index (χ4n) is 3.05. The molecular formula is C17H20BrNO2S. The molecule has 3 nitrogen and oxygen atoms in total. The summed E-state index contributed by atoms with van der Waals surface area (Å²) in [7, 11) is 3.34. The fraction of sp³-hybridized carbons (Fsp3) is 0.412. The van der Waals surface area contributed by atoms with Crippen LogP contribution in [-0.2, 0) is 13.0 Å². The minimum atomic E-state index is 0.454. The number of hydrogen-bond acceptors (Lipinski definition) is 4. The topological polar surface area (TPSA) is 21.7 Å². The first-order valence-corrected chi connectivity index (χ1v) is 9.02. The summed E-state index contributed by atoms with van der Waals surface area (Å²) in [4.78, 5) is 4.05. The Kier molecular flexibility index (Phi) is 4.76. The molecule has 1 aromatic carbocycles. The molecule has 1 aromatic heterocycles. The van der Waals surface area contributed by atoms with Crippen LogP contribution in [0.1, 0.15) is 29.0 Å². The Hall–Kier alpha value is -1.04. The van der Waals surface area contributed by atoms with E-state index in [0.29, 0.717) is 6.04 Å². The van der Waals surface area contributed by atoms with Crippen molar-refractivity contribution in [2.45, 2.75) is 25.9 Å². The molecule has 0 radical (unpaired) electrons. The summed E-state index contributed by atoms with van der Waals surface area (Å²) in [5, 5.41) is 2.21. The second-order valence-corrected chi connectivity index (χ2v) is 7.26. The Morgan fingerprint density at radius 2 is 2.09 bits per heavy atom. The number of ether oxygens (including phenoxy) is 2. The van der Waals surface area contributed by atoms with Crippen LogP contribution in [0.25, 0.3) is 0 Å². The Morgan fingerprint density at radius 3 is 2.82 bits per heavy atom. The second-order valence-electron chi connectivity index (χ2n) is 5.47. The molecule has 1 atom stereocenters. The highest BCUT2D eigenvalue weighted by atomic mass is 79.9. The normalized spacial score (nSPS) is 18.1.